The number of aromatic hydroxyl groups is 1. The van der Waals surface area contributed by atoms with Crippen molar-refractivity contribution in [3.05, 3.63) is 102 Å². The van der Waals surface area contributed by atoms with E-state index >= 15 is 0 Å². The van der Waals surface area contributed by atoms with Gasteiger partial charge < -0.3 is 10.4 Å². The summed E-state index contributed by atoms with van der Waals surface area (Å²) in [6.07, 6.45) is 0. The van der Waals surface area contributed by atoms with E-state index < -0.39 is 15.9 Å². The van der Waals surface area contributed by atoms with Gasteiger partial charge in [0.15, 0.2) is 0 Å². The van der Waals surface area contributed by atoms with Gasteiger partial charge in [0, 0.05) is 28.0 Å². The van der Waals surface area contributed by atoms with Crippen LogP contribution in [0.3, 0.4) is 0 Å². The largest absolute Gasteiger partial charge is 0.507 e. The molecule has 1 heterocycles. The zero-order valence-electron chi connectivity index (χ0n) is 18.5. The van der Waals surface area contributed by atoms with Crippen molar-refractivity contribution in [2.45, 2.75) is 4.90 Å². The first-order chi connectivity index (χ1) is 17.3. The van der Waals surface area contributed by atoms with Crippen molar-refractivity contribution in [3.63, 3.8) is 0 Å². The molecule has 0 aliphatic carbocycles. The molecule has 0 saturated heterocycles. The van der Waals surface area contributed by atoms with Gasteiger partial charge >= 0.3 is 0 Å². The molecule has 5 rings (SSSR count). The number of hydrogen-bond donors (Lipinski definition) is 3. The van der Waals surface area contributed by atoms with E-state index in [1.54, 1.807) is 12.1 Å². The molecular formula is C26H18ClN3O4S2. The minimum atomic E-state index is -3.79. The molecule has 10 heteroatoms. The highest BCUT2D eigenvalue weighted by molar-refractivity contribution is 7.92. The van der Waals surface area contributed by atoms with Gasteiger partial charge in [0.05, 0.1) is 20.7 Å². The van der Waals surface area contributed by atoms with Crippen LogP contribution in [-0.2, 0) is 10.0 Å². The van der Waals surface area contributed by atoms with Crippen molar-refractivity contribution < 1.29 is 18.3 Å². The first-order valence-corrected chi connectivity index (χ1v) is 13.3. The van der Waals surface area contributed by atoms with E-state index in [9.17, 15) is 18.3 Å². The lowest BCUT2D eigenvalue weighted by molar-refractivity contribution is 0.102. The van der Waals surface area contributed by atoms with Crippen LogP contribution in [-0.4, -0.2) is 24.4 Å². The third-order valence-corrected chi connectivity index (χ3v) is 8.02. The van der Waals surface area contributed by atoms with Crippen molar-refractivity contribution in [1.29, 1.82) is 0 Å². The third-order valence-electron chi connectivity index (χ3n) is 5.30. The number of para-hydroxylation sites is 1. The summed E-state index contributed by atoms with van der Waals surface area (Å²) < 4.78 is 28.5. The van der Waals surface area contributed by atoms with E-state index in [0.717, 1.165) is 10.2 Å². The van der Waals surface area contributed by atoms with Gasteiger partial charge in [0.1, 0.15) is 10.8 Å². The number of rotatable bonds is 6. The Morgan fingerprint density at radius 3 is 2.28 bits per heavy atom. The quantitative estimate of drug-likeness (QED) is 0.234. The fourth-order valence-corrected chi connectivity index (χ4v) is 5.68. The number of benzene rings is 4. The molecule has 180 valence electrons. The summed E-state index contributed by atoms with van der Waals surface area (Å²) in [6, 6.07) is 24.4. The van der Waals surface area contributed by atoms with Gasteiger partial charge in [-0.25, -0.2) is 13.4 Å². The number of hydrogen-bond acceptors (Lipinski definition) is 6. The predicted molar refractivity (Wildman–Crippen MR) is 143 cm³/mol. The zero-order valence-corrected chi connectivity index (χ0v) is 20.9. The zero-order chi connectivity index (χ0) is 25.3. The third kappa shape index (κ3) is 5.03. The van der Waals surface area contributed by atoms with Gasteiger partial charge in [-0.1, -0.05) is 23.7 Å². The molecular weight excluding hydrogens is 518 g/mol. The molecule has 4 aromatic carbocycles. The Balaban J connectivity index is 1.28. The Kier molecular flexibility index (Phi) is 6.36. The number of aromatic nitrogens is 1. The van der Waals surface area contributed by atoms with Crippen LogP contribution in [0.1, 0.15) is 10.4 Å². The second-order valence-electron chi connectivity index (χ2n) is 7.81. The molecule has 0 aliphatic rings. The van der Waals surface area contributed by atoms with Crippen LogP contribution in [0, 0.1) is 0 Å². The summed E-state index contributed by atoms with van der Waals surface area (Å²) in [5, 5.41) is 14.4. The maximum Gasteiger partial charge on any atom is 0.261 e. The normalized spacial score (nSPS) is 11.4. The minimum Gasteiger partial charge on any atom is -0.507 e. The number of phenolic OH excluding ortho intramolecular Hbond substituents is 1. The summed E-state index contributed by atoms with van der Waals surface area (Å²) in [7, 11) is -3.79. The van der Waals surface area contributed by atoms with Crippen LogP contribution in [0.25, 0.3) is 20.8 Å². The van der Waals surface area contributed by atoms with E-state index in [0.29, 0.717) is 32.5 Å². The van der Waals surface area contributed by atoms with Gasteiger partial charge in [0.25, 0.3) is 15.9 Å². The van der Waals surface area contributed by atoms with Crippen molar-refractivity contribution in [1.82, 2.24) is 4.98 Å². The number of carbonyl (C=O) groups excluding carboxylic acids is 1. The number of carbonyl (C=O) groups is 1. The lowest BCUT2D eigenvalue weighted by atomic mass is 10.1. The molecule has 7 nitrogen and oxygen atoms in total. The minimum absolute atomic E-state index is 0.00110. The fourth-order valence-electron chi connectivity index (χ4n) is 3.50. The van der Waals surface area contributed by atoms with Crippen molar-refractivity contribution in [2.75, 3.05) is 10.0 Å². The number of fused-ring (bicyclic) bond motifs is 1. The van der Waals surface area contributed by atoms with Crippen molar-refractivity contribution in [2.24, 2.45) is 0 Å². The van der Waals surface area contributed by atoms with Gasteiger partial charge in [-0.05, 0) is 72.8 Å². The average Bonchev–Trinajstić information content (AvgIpc) is 3.28. The standard InChI is InChI=1S/C26H18ClN3O4S2/c27-17-7-12-20(13-8-17)36(33,34)30-18-9-5-16(6-10-18)25(32)28-19-11-14-21(23(31)15-19)26-29-22-3-1-2-4-24(22)35-26/h1-15,30-31H,(H,28,32). The Morgan fingerprint density at radius 2 is 1.58 bits per heavy atom. The summed E-state index contributed by atoms with van der Waals surface area (Å²) >= 11 is 7.29. The molecule has 0 bridgehead atoms. The Hall–Kier alpha value is -3.92. The van der Waals surface area contributed by atoms with Crippen LogP contribution in [0.4, 0.5) is 11.4 Å². The van der Waals surface area contributed by atoms with E-state index in [-0.39, 0.29) is 10.6 Å². The number of nitrogens with one attached hydrogen (secondary N) is 2. The molecule has 0 atom stereocenters. The molecule has 3 N–H and O–H groups in total. The molecule has 5 aromatic rings. The van der Waals surface area contributed by atoms with Gasteiger partial charge in [0.2, 0.25) is 0 Å². The number of anilines is 2. The summed E-state index contributed by atoms with van der Waals surface area (Å²) in [6.45, 7) is 0. The van der Waals surface area contributed by atoms with E-state index in [2.05, 4.69) is 15.0 Å². The number of sulfonamides is 1. The van der Waals surface area contributed by atoms with Crippen LogP contribution in [0.5, 0.6) is 5.75 Å². The SMILES string of the molecule is O=C(Nc1ccc(-c2nc3ccccc3s2)c(O)c1)c1ccc(NS(=O)(=O)c2ccc(Cl)cc2)cc1. The average molecular weight is 536 g/mol. The summed E-state index contributed by atoms with van der Waals surface area (Å²) in [5.41, 5.74) is 2.47. The van der Waals surface area contributed by atoms with Gasteiger partial charge in [-0.2, -0.15) is 0 Å². The van der Waals surface area contributed by atoms with Crippen molar-refractivity contribution in [3.8, 4) is 16.3 Å². The number of amides is 1. The van der Waals surface area contributed by atoms with E-state index in [4.69, 9.17) is 11.6 Å². The second kappa shape index (κ2) is 9.62. The molecule has 1 aromatic heterocycles. The highest BCUT2D eigenvalue weighted by Gasteiger charge is 2.15. The lowest BCUT2D eigenvalue weighted by Crippen LogP contribution is -2.14. The monoisotopic (exact) mass is 535 g/mol. The Labute approximate surface area is 216 Å². The first kappa shape index (κ1) is 23.8. The van der Waals surface area contributed by atoms with Gasteiger partial charge in [-0.3, -0.25) is 9.52 Å². The molecule has 0 aliphatic heterocycles. The Morgan fingerprint density at radius 1 is 0.889 bits per heavy atom. The molecule has 0 saturated carbocycles. The number of halogens is 1. The first-order valence-electron chi connectivity index (χ1n) is 10.7. The number of thiazole rings is 1. The van der Waals surface area contributed by atoms with E-state index in [1.807, 2.05) is 24.3 Å². The molecule has 1 amide bonds. The highest BCUT2D eigenvalue weighted by Crippen LogP contribution is 2.36. The maximum atomic E-state index is 12.7. The second-order valence-corrected chi connectivity index (χ2v) is 11.0. The molecule has 0 fully saturated rings. The van der Waals surface area contributed by atoms with Crippen LogP contribution in [0.2, 0.25) is 5.02 Å². The lowest BCUT2D eigenvalue weighted by Gasteiger charge is -2.10. The van der Waals surface area contributed by atoms with Crippen LogP contribution >= 0.6 is 22.9 Å². The topological polar surface area (TPSA) is 108 Å². The maximum absolute atomic E-state index is 12.7. The highest BCUT2D eigenvalue weighted by atomic mass is 35.5. The molecule has 0 radical (unpaired) electrons. The molecule has 36 heavy (non-hydrogen) atoms. The van der Waals surface area contributed by atoms with E-state index in [1.165, 1.54) is 65.9 Å². The summed E-state index contributed by atoms with van der Waals surface area (Å²) in [5.74, 6) is -0.409. The summed E-state index contributed by atoms with van der Waals surface area (Å²) in [4.78, 5) is 17.3. The number of nitrogens with zero attached hydrogens (tertiary/aromatic N) is 1. The molecule has 0 unspecified atom stereocenters. The fraction of sp³-hybridized carbons (Fsp3) is 0. The van der Waals surface area contributed by atoms with Crippen LogP contribution < -0.4 is 10.0 Å². The predicted octanol–water partition coefficient (Wildman–Crippen LogP) is 6.38. The van der Waals surface area contributed by atoms with Gasteiger partial charge in [-0.15, -0.1) is 11.3 Å². The Bertz CT molecular complexity index is 1650. The number of phenols is 1. The van der Waals surface area contributed by atoms with Crippen molar-refractivity contribution >= 4 is 60.5 Å². The smallest absolute Gasteiger partial charge is 0.261 e. The van der Waals surface area contributed by atoms with Crippen LogP contribution in [0.15, 0.2) is 95.9 Å². The molecule has 0 spiro atoms.